The molecule has 1 N–H and O–H groups in total. The third-order valence-electron chi connectivity index (χ3n) is 2.52. The molecule has 0 bridgehead atoms. The van der Waals surface area contributed by atoms with Crippen LogP contribution in [0.3, 0.4) is 0 Å². The van der Waals surface area contributed by atoms with E-state index in [9.17, 15) is 0 Å². The van der Waals surface area contributed by atoms with Gasteiger partial charge in [0.1, 0.15) is 5.82 Å². The smallest absolute Gasteiger partial charge is 0.216 e. The summed E-state index contributed by atoms with van der Waals surface area (Å²) in [5.41, 5.74) is 1.04. The van der Waals surface area contributed by atoms with E-state index >= 15 is 0 Å². The molecule has 0 aliphatic rings. The highest BCUT2D eigenvalue weighted by Gasteiger charge is 2.09. The summed E-state index contributed by atoms with van der Waals surface area (Å²) < 4.78 is 5.14. The van der Waals surface area contributed by atoms with Crippen molar-refractivity contribution in [3.05, 3.63) is 17.6 Å². The summed E-state index contributed by atoms with van der Waals surface area (Å²) in [6.45, 7) is 7.17. The molecule has 90 valence electrons. The third kappa shape index (κ3) is 3.77. The number of nitrogens with one attached hydrogen (secondary N) is 1. The van der Waals surface area contributed by atoms with Gasteiger partial charge < -0.3 is 10.1 Å². The number of ether oxygens (including phenoxy) is 1. The van der Waals surface area contributed by atoms with Crippen LogP contribution in [0.5, 0.6) is 5.88 Å². The quantitative estimate of drug-likeness (QED) is 0.797. The molecule has 4 nitrogen and oxygen atoms in total. The number of aryl methyl sites for hydroxylation is 1. The fraction of sp³-hybridized carbons (Fsp3) is 0.667. The monoisotopic (exact) mass is 223 g/mol. The molecule has 0 aromatic carbocycles. The lowest BCUT2D eigenvalue weighted by molar-refractivity contribution is 0.393. The van der Waals surface area contributed by atoms with E-state index in [1.54, 1.807) is 7.11 Å². The van der Waals surface area contributed by atoms with Gasteiger partial charge in [0.25, 0.3) is 0 Å². The zero-order valence-corrected chi connectivity index (χ0v) is 10.6. The van der Waals surface area contributed by atoms with Crippen LogP contribution >= 0.6 is 0 Å². The van der Waals surface area contributed by atoms with Gasteiger partial charge in [-0.15, -0.1) is 0 Å². The summed E-state index contributed by atoms with van der Waals surface area (Å²) in [6.07, 6.45) is 2.02. The first-order chi connectivity index (χ1) is 7.69. The Kier molecular flexibility index (Phi) is 5.19. The van der Waals surface area contributed by atoms with Gasteiger partial charge in [-0.2, -0.15) is 4.98 Å². The standard InChI is InChI=1S/C12H21N3O/c1-5-10(13-6-2)7-11-8-12(16-4)15-9(3)14-11/h8,10,13H,5-7H2,1-4H3. The number of likely N-dealkylation sites (N-methyl/N-ethyl adjacent to an activating group) is 1. The molecule has 16 heavy (non-hydrogen) atoms. The lowest BCUT2D eigenvalue weighted by atomic mass is 10.1. The Labute approximate surface area is 97.5 Å². The Morgan fingerprint density at radius 1 is 1.38 bits per heavy atom. The largest absolute Gasteiger partial charge is 0.481 e. The van der Waals surface area contributed by atoms with Crippen molar-refractivity contribution in [2.45, 2.75) is 39.7 Å². The fourth-order valence-electron chi connectivity index (χ4n) is 1.71. The average Bonchev–Trinajstić information content (AvgIpc) is 2.27. The van der Waals surface area contributed by atoms with Crippen LogP contribution in [-0.4, -0.2) is 29.7 Å². The fourth-order valence-corrected chi connectivity index (χ4v) is 1.71. The van der Waals surface area contributed by atoms with E-state index in [0.29, 0.717) is 11.9 Å². The Morgan fingerprint density at radius 3 is 2.69 bits per heavy atom. The van der Waals surface area contributed by atoms with Crippen molar-refractivity contribution in [2.24, 2.45) is 0 Å². The maximum absolute atomic E-state index is 5.14. The summed E-state index contributed by atoms with van der Waals surface area (Å²) in [7, 11) is 1.63. The first-order valence-corrected chi connectivity index (χ1v) is 5.81. The van der Waals surface area contributed by atoms with Crippen LogP contribution in [0.25, 0.3) is 0 Å². The molecule has 1 rings (SSSR count). The highest BCUT2D eigenvalue weighted by Crippen LogP contribution is 2.11. The number of nitrogens with zero attached hydrogens (tertiary/aromatic N) is 2. The second-order valence-electron chi connectivity index (χ2n) is 3.82. The summed E-state index contributed by atoms with van der Waals surface area (Å²) in [4.78, 5) is 8.60. The van der Waals surface area contributed by atoms with Crippen LogP contribution < -0.4 is 10.1 Å². The molecule has 0 amide bonds. The SMILES string of the molecule is CCNC(CC)Cc1cc(OC)nc(C)n1. The number of hydrogen-bond donors (Lipinski definition) is 1. The molecule has 0 saturated carbocycles. The zero-order chi connectivity index (χ0) is 12.0. The predicted molar refractivity (Wildman–Crippen MR) is 64.8 cm³/mol. The molecular weight excluding hydrogens is 202 g/mol. The molecule has 0 aliphatic heterocycles. The van der Waals surface area contributed by atoms with Crippen molar-refractivity contribution < 1.29 is 4.74 Å². The molecule has 1 atom stereocenters. The Morgan fingerprint density at radius 2 is 2.12 bits per heavy atom. The minimum atomic E-state index is 0.476. The van der Waals surface area contributed by atoms with Gasteiger partial charge >= 0.3 is 0 Å². The summed E-state index contributed by atoms with van der Waals surface area (Å²) in [5, 5.41) is 3.44. The van der Waals surface area contributed by atoms with Crippen molar-refractivity contribution >= 4 is 0 Å². The maximum Gasteiger partial charge on any atom is 0.216 e. The van der Waals surface area contributed by atoms with Gasteiger partial charge in [-0.05, 0) is 19.9 Å². The zero-order valence-electron chi connectivity index (χ0n) is 10.6. The van der Waals surface area contributed by atoms with Gasteiger partial charge in [0.2, 0.25) is 5.88 Å². The topological polar surface area (TPSA) is 47.0 Å². The molecule has 0 saturated heterocycles. The molecule has 4 heteroatoms. The van der Waals surface area contributed by atoms with Gasteiger partial charge in [0, 0.05) is 24.2 Å². The predicted octanol–water partition coefficient (Wildman–Crippen LogP) is 1.72. The van der Waals surface area contributed by atoms with Crippen LogP contribution in [0.15, 0.2) is 6.07 Å². The van der Waals surface area contributed by atoms with E-state index < -0.39 is 0 Å². The second-order valence-corrected chi connectivity index (χ2v) is 3.82. The van der Waals surface area contributed by atoms with Crippen LogP contribution in [0.2, 0.25) is 0 Å². The summed E-state index contributed by atoms with van der Waals surface area (Å²) in [6, 6.07) is 2.39. The van der Waals surface area contributed by atoms with Crippen LogP contribution in [0.4, 0.5) is 0 Å². The number of rotatable bonds is 6. The highest BCUT2D eigenvalue weighted by molar-refractivity contribution is 5.16. The second kappa shape index (κ2) is 6.43. The summed E-state index contributed by atoms with van der Waals surface area (Å²) >= 11 is 0. The molecule has 1 unspecified atom stereocenters. The maximum atomic E-state index is 5.14. The van der Waals surface area contributed by atoms with E-state index in [-0.39, 0.29) is 0 Å². The van der Waals surface area contributed by atoms with Gasteiger partial charge in [0.05, 0.1) is 7.11 Å². The van der Waals surface area contributed by atoms with Crippen molar-refractivity contribution in [1.29, 1.82) is 0 Å². The number of aromatic nitrogens is 2. The van der Waals surface area contributed by atoms with Crippen molar-refractivity contribution in [2.75, 3.05) is 13.7 Å². The van der Waals surface area contributed by atoms with E-state index in [2.05, 4.69) is 29.1 Å². The molecule has 0 fully saturated rings. The van der Waals surface area contributed by atoms with Gasteiger partial charge in [-0.25, -0.2) is 4.98 Å². The van der Waals surface area contributed by atoms with Crippen LogP contribution in [-0.2, 0) is 6.42 Å². The minimum Gasteiger partial charge on any atom is -0.481 e. The Hall–Kier alpha value is -1.16. The Bertz CT molecular complexity index is 328. The van der Waals surface area contributed by atoms with Crippen LogP contribution in [0.1, 0.15) is 31.8 Å². The highest BCUT2D eigenvalue weighted by atomic mass is 16.5. The molecule has 0 aliphatic carbocycles. The third-order valence-corrected chi connectivity index (χ3v) is 2.52. The van der Waals surface area contributed by atoms with Gasteiger partial charge in [-0.3, -0.25) is 0 Å². The van der Waals surface area contributed by atoms with E-state index in [0.717, 1.165) is 30.9 Å². The van der Waals surface area contributed by atoms with Crippen LogP contribution in [0, 0.1) is 6.92 Å². The van der Waals surface area contributed by atoms with Crippen molar-refractivity contribution in [3.8, 4) is 5.88 Å². The molecule has 0 radical (unpaired) electrons. The minimum absolute atomic E-state index is 0.476. The van der Waals surface area contributed by atoms with E-state index in [4.69, 9.17) is 4.74 Å². The normalized spacial score (nSPS) is 12.5. The number of methoxy groups -OCH3 is 1. The first kappa shape index (κ1) is 12.9. The van der Waals surface area contributed by atoms with Gasteiger partial charge in [0.15, 0.2) is 0 Å². The Balaban J connectivity index is 2.74. The van der Waals surface area contributed by atoms with E-state index in [1.807, 2.05) is 13.0 Å². The summed E-state index contributed by atoms with van der Waals surface area (Å²) in [5.74, 6) is 1.41. The molecule has 0 spiro atoms. The molecule has 1 aromatic heterocycles. The molecule has 1 aromatic rings. The first-order valence-electron chi connectivity index (χ1n) is 5.81. The number of hydrogen-bond acceptors (Lipinski definition) is 4. The molecular formula is C12H21N3O. The molecule has 1 heterocycles. The average molecular weight is 223 g/mol. The lowest BCUT2D eigenvalue weighted by Gasteiger charge is -2.15. The van der Waals surface area contributed by atoms with Crippen molar-refractivity contribution in [3.63, 3.8) is 0 Å². The van der Waals surface area contributed by atoms with E-state index in [1.165, 1.54) is 0 Å². The van der Waals surface area contributed by atoms with Crippen molar-refractivity contribution in [1.82, 2.24) is 15.3 Å². The lowest BCUT2D eigenvalue weighted by Crippen LogP contribution is -2.30. The van der Waals surface area contributed by atoms with Gasteiger partial charge in [-0.1, -0.05) is 13.8 Å².